The van der Waals surface area contributed by atoms with Gasteiger partial charge in [-0.25, -0.2) is 21.7 Å². The number of amides is 1. The van der Waals surface area contributed by atoms with E-state index in [1.165, 1.54) is 16.6 Å². The second kappa shape index (κ2) is 12.8. The molecule has 0 aliphatic heterocycles. The summed E-state index contributed by atoms with van der Waals surface area (Å²) in [6.45, 7) is -0.0239. The molecule has 0 aliphatic carbocycles. The molecule has 0 unspecified atom stereocenters. The summed E-state index contributed by atoms with van der Waals surface area (Å²) in [6.07, 6.45) is -2.06. The Bertz CT molecular complexity index is 2090. The van der Waals surface area contributed by atoms with Gasteiger partial charge in [-0.1, -0.05) is 18.2 Å². The number of ether oxygens (including phenoxy) is 1. The Morgan fingerprint density at radius 3 is 2.43 bits per heavy atom. The molecule has 0 radical (unpaired) electrons. The number of hydrogen-bond acceptors (Lipinski definition) is 7. The van der Waals surface area contributed by atoms with Crippen molar-refractivity contribution in [2.24, 2.45) is 0 Å². The van der Waals surface area contributed by atoms with Crippen molar-refractivity contribution in [3.63, 3.8) is 0 Å². The van der Waals surface area contributed by atoms with Crippen molar-refractivity contribution in [2.45, 2.75) is 24.5 Å². The number of hydrogen-bond donors (Lipinski definition) is 2. The van der Waals surface area contributed by atoms with Crippen molar-refractivity contribution in [1.29, 1.82) is 0 Å². The van der Waals surface area contributed by atoms with Crippen LogP contribution in [-0.2, 0) is 16.4 Å². The fourth-order valence-corrected chi connectivity index (χ4v) is 6.02. The zero-order valence-electron chi connectivity index (χ0n) is 23.9. The Morgan fingerprint density at radius 1 is 1.02 bits per heavy atom. The number of benzene rings is 3. The molecule has 2 N–H and O–H groups in total. The van der Waals surface area contributed by atoms with Crippen LogP contribution in [0, 0.1) is 22.1 Å². The van der Waals surface area contributed by atoms with Crippen molar-refractivity contribution >= 4 is 55.6 Å². The SMILES string of the molecule is Cc1cc(-c2ccc3nc(Nc4c(I)cc(S(C)(=O)=O)cc4OCC(F)(F)F)nn3c2)ccc1C(=O)NCc1ccc(F)cc1F. The highest BCUT2D eigenvalue weighted by Gasteiger charge is 2.30. The standard InChI is InChI=1S/C30H23F5IN5O4S/c1-16-9-17(4-7-22(16)28(42)37-13-18-3-6-20(31)10-23(18)32)19-5-8-26-38-29(40-41(26)14-19)39-27-24(36)11-21(46(2,43)44)12-25(27)45-15-30(33,34)35/h3-12,14H,13,15H2,1-2H3,(H,37,42)(H,39,40). The zero-order chi connectivity index (χ0) is 33.4. The van der Waals surface area contributed by atoms with Gasteiger partial charge in [0.05, 0.1) is 10.6 Å². The molecule has 0 saturated heterocycles. The van der Waals surface area contributed by atoms with Crippen LogP contribution in [0.2, 0.25) is 0 Å². The van der Waals surface area contributed by atoms with Crippen LogP contribution in [0.3, 0.4) is 0 Å². The first-order valence-corrected chi connectivity index (χ1v) is 16.2. The lowest BCUT2D eigenvalue weighted by Crippen LogP contribution is -2.24. The van der Waals surface area contributed by atoms with E-state index in [1.807, 2.05) is 0 Å². The number of nitrogens with zero attached hydrogens (tertiary/aromatic N) is 3. The van der Waals surface area contributed by atoms with Crippen LogP contribution in [0.15, 0.2) is 71.8 Å². The summed E-state index contributed by atoms with van der Waals surface area (Å²) in [7, 11) is -3.75. The minimum Gasteiger partial charge on any atom is -0.482 e. The molecule has 0 saturated carbocycles. The molecule has 0 aliphatic rings. The number of halogens is 6. The van der Waals surface area contributed by atoms with Gasteiger partial charge in [-0.05, 0) is 71.0 Å². The maximum absolute atomic E-state index is 13.9. The third kappa shape index (κ3) is 7.72. The molecule has 0 atom stereocenters. The Hall–Kier alpha value is -4.32. The number of pyridine rings is 1. The zero-order valence-corrected chi connectivity index (χ0v) is 26.9. The smallest absolute Gasteiger partial charge is 0.422 e. The molecule has 3 aromatic carbocycles. The molecule has 5 rings (SSSR count). The largest absolute Gasteiger partial charge is 0.482 e. The first-order chi connectivity index (χ1) is 21.6. The predicted molar refractivity (Wildman–Crippen MR) is 168 cm³/mol. The van der Waals surface area contributed by atoms with E-state index in [9.17, 15) is 35.2 Å². The van der Waals surface area contributed by atoms with Gasteiger partial charge in [-0.3, -0.25) is 4.79 Å². The molecular weight excluding hydrogens is 748 g/mol. The summed E-state index contributed by atoms with van der Waals surface area (Å²) in [5, 5.41) is 9.84. The second-order valence-electron chi connectivity index (χ2n) is 10.2. The van der Waals surface area contributed by atoms with Crippen LogP contribution in [-0.4, -0.2) is 48.0 Å². The molecule has 0 spiro atoms. The summed E-state index contributed by atoms with van der Waals surface area (Å²) < 4.78 is 96.7. The highest BCUT2D eigenvalue weighted by atomic mass is 127. The normalized spacial score (nSPS) is 11.9. The van der Waals surface area contributed by atoms with Gasteiger partial charge in [0.2, 0.25) is 5.95 Å². The predicted octanol–water partition coefficient (Wildman–Crippen LogP) is 6.61. The average molecular weight is 772 g/mol. The van der Waals surface area contributed by atoms with Crippen molar-refractivity contribution < 1.29 is 39.9 Å². The third-order valence-electron chi connectivity index (χ3n) is 6.67. The van der Waals surface area contributed by atoms with Crippen LogP contribution in [0.25, 0.3) is 16.8 Å². The van der Waals surface area contributed by atoms with E-state index in [0.29, 0.717) is 22.3 Å². The van der Waals surface area contributed by atoms with Gasteiger partial charge in [-0.15, -0.1) is 5.10 Å². The van der Waals surface area contributed by atoms with Crippen molar-refractivity contribution in [3.05, 3.63) is 98.8 Å². The number of fused-ring (bicyclic) bond motifs is 1. The fraction of sp³-hybridized carbons (Fsp3) is 0.167. The van der Waals surface area contributed by atoms with Gasteiger partial charge in [0.15, 0.2) is 22.1 Å². The second-order valence-corrected chi connectivity index (χ2v) is 13.4. The summed E-state index contributed by atoms with van der Waals surface area (Å²) in [5.41, 5.74) is 3.03. The molecule has 2 aromatic heterocycles. The van der Waals surface area contributed by atoms with E-state index in [4.69, 9.17) is 4.74 Å². The van der Waals surface area contributed by atoms with E-state index in [1.54, 1.807) is 66.0 Å². The molecule has 16 heteroatoms. The number of alkyl halides is 3. The van der Waals surface area contributed by atoms with Gasteiger partial charge in [-0.2, -0.15) is 18.2 Å². The maximum Gasteiger partial charge on any atom is 0.422 e. The number of carbonyl (C=O) groups excluding carboxylic acids is 1. The third-order valence-corrected chi connectivity index (χ3v) is 8.62. The fourth-order valence-electron chi connectivity index (χ4n) is 4.42. The minimum absolute atomic E-state index is 0.0137. The summed E-state index contributed by atoms with van der Waals surface area (Å²) in [4.78, 5) is 16.9. The van der Waals surface area contributed by atoms with Crippen molar-refractivity contribution in [3.8, 4) is 16.9 Å². The average Bonchev–Trinajstić information content (AvgIpc) is 3.37. The first kappa shape index (κ1) is 33.1. The number of aryl methyl sites for hydroxylation is 1. The van der Waals surface area contributed by atoms with E-state index >= 15 is 0 Å². The van der Waals surface area contributed by atoms with Gasteiger partial charge < -0.3 is 15.4 Å². The lowest BCUT2D eigenvalue weighted by atomic mass is 10.0. The van der Waals surface area contributed by atoms with Gasteiger partial charge >= 0.3 is 6.18 Å². The van der Waals surface area contributed by atoms with Crippen LogP contribution < -0.4 is 15.4 Å². The lowest BCUT2D eigenvalue weighted by molar-refractivity contribution is -0.153. The quantitative estimate of drug-likeness (QED) is 0.128. The Kier molecular flexibility index (Phi) is 9.21. The number of rotatable bonds is 9. The summed E-state index contributed by atoms with van der Waals surface area (Å²) in [6, 6.07) is 14.0. The lowest BCUT2D eigenvalue weighted by Gasteiger charge is -2.16. The molecule has 5 aromatic rings. The summed E-state index contributed by atoms with van der Waals surface area (Å²) >= 11 is 1.78. The van der Waals surface area contributed by atoms with E-state index in [0.717, 1.165) is 30.0 Å². The molecule has 1 amide bonds. The molecular formula is C30H23F5IN5O4S. The monoisotopic (exact) mass is 771 g/mol. The summed E-state index contributed by atoms with van der Waals surface area (Å²) in [5.74, 6) is -2.24. The van der Waals surface area contributed by atoms with Gasteiger partial charge in [0, 0.05) is 51.4 Å². The van der Waals surface area contributed by atoms with Crippen molar-refractivity contribution in [1.82, 2.24) is 19.9 Å². The Labute approximate surface area is 272 Å². The maximum atomic E-state index is 13.9. The Balaban J connectivity index is 1.37. The molecule has 0 fully saturated rings. The topological polar surface area (TPSA) is 115 Å². The van der Waals surface area contributed by atoms with E-state index in [2.05, 4.69) is 20.7 Å². The highest BCUT2D eigenvalue weighted by Crippen LogP contribution is 2.36. The van der Waals surface area contributed by atoms with Crippen molar-refractivity contribution in [2.75, 3.05) is 18.2 Å². The van der Waals surface area contributed by atoms with Gasteiger partial charge in [0.1, 0.15) is 17.4 Å². The highest BCUT2D eigenvalue weighted by molar-refractivity contribution is 14.1. The molecule has 9 nitrogen and oxygen atoms in total. The molecule has 0 bridgehead atoms. The Morgan fingerprint density at radius 2 is 1.76 bits per heavy atom. The minimum atomic E-state index is -4.66. The number of aromatic nitrogens is 3. The number of sulfone groups is 1. The molecule has 2 heterocycles. The number of nitrogens with one attached hydrogen (secondary N) is 2. The van der Waals surface area contributed by atoms with Crippen LogP contribution >= 0.6 is 22.6 Å². The molecule has 46 heavy (non-hydrogen) atoms. The number of anilines is 2. The number of carbonyl (C=O) groups is 1. The van der Waals surface area contributed by atoms with Crippen LogP contribution in [0.5, 0.6) is 5.75 Å². The first-order valence-electron chi connectivity index (χ1n) is 13.3. The van der Waals surface area contributed by atoms with Crippen LogP contribution in [0.1, 0.15) is 21.5 Å². The van der Waals surface area contributed by atoms with E-state index < -0.39 is 40.2 Å². The van der Waals surface area contributed by atoms with E-state index in [-0.39, 0.29) is 38.0 Å². The molecule has 240 valence electrons. The van der Waals surface area contributed by atoms with Crippen LogP contribution in [0.4, 0.5) is 33.6 Å². The van der Waals surface area contributed by atoms with Gasteiger partial charge in [0.25, 0.3) is 5.91 Å².